The summed E-state index contributed by atoms with van der Waals surface area (Å²) in [5.74, 6) is 0. The number of hydrogen-bond acceptors (Lipinski definition) is 1. The molecule has 1 heterocycles. The standard InChI is InChI=1S/C15H33NSi2/c1-10-11-16-17(8,14(2,3)4)12-13-18(16,9)15(5,6)7/h10H,1,11-13H2,2-9H3. The van der Waals surface area contributed by atoms with Crippen molar-refractivity contribution in [3.05, 3.63) is 12.7 Å². The van der Waals surface area contributed by atoms with E-state index in [1.807, 2.05) is 0 Å². The van der Waals surface area contributed by atoms with Crippen LogP contribution in [-0.4, -0.2) is 27.2 Å². The molecule has 0 aromatic rings. The van der Waals surface area contributed by atoms with E-state index >= 15 is 0 Å². The molecule has 0 spiro atoms. The minimum Gasteiger partial charge on any atom is -0.341 e. The Morgan fingerprint density at radius 1 is 0.944 bits per heavy atom. The van der Waals surface area contributed by atoms with Gasteiger partial charge >= 0.3 is 0 Å². The Hall–Kier alpha value is 0.134. The maximum atomic E-state index is 4.02. The van der Waals surface area contributed by atoms with Gasteiger partial charge in [0.15, 0.2) is 0 Å². The van der Waals surface area contributed by atoms with E-state index in [1.54, 1.807) is 0 Å². The fourth-order valence-electron chi connectivity index (χ4n) is 3.39. The van der Waals surface area contributed by atoms with Crippen molar-refractivity contribution < 1.29 is 0 Å². The van der Waals surface area contributed by atoms with Gasteiger partial charge < -0.3 is 4.23 Å². The van der Waals surface area contributed by atoms with Crippen LogP contribution in [0.3, 0.4) is 0 Å². The van der Waals surface area contributed by atoms with Gasteiger partial charge in [0.05, 0.1) is 0 Å². The summed E-state index contributed by atoms with van der Waals surface area (Å²) in [5, 5.41) is 0.929. The summed E-state index contributed by atoms with van der Waals surface area (Å²) in [6.45, 7) is 25.1. The van der Waals surface area contributed by atoms with E-state index in [2.05, 4.69) is 71.5 Å². The summed E-state index contributed by atoms with van der Waals surface area (Å²) in [4.78, 5) is 0. The lowest BCUT2D eigenvalue weighted by Gasteiger charge is -2.52. The Labute approximate surface area is 117 Å². The Balaban J connectivity index is 3.26. The molecule has 0 saturated carbocycles. The molecule has 1 saturated heterocycles. The lowest BCUT2D eigenvalue weighted by Crippen LogP contribution is -2.64. The molecule has 0 bridgehead atoms. The maximum Gasteiger partial charge on any atom is 0.124 e. The quantitative estimate of drug-likeness (QED) is 0.495. The summed E-state index contributed by atoms with van der Waals surface area (Å²) < 4.78 is 2.99. The number of nitrogens with zero attached hydrogens (tertiary/aromatic N) is 1. The third-order valence-electron chi connectivity index (χ3n) is 5.83. The maximum absolute atomic E-state index is 4.02. The highest BCUT2D eigenvalue weighted by atomic mass is 28.4. The first-order valence-electron chi connectivity index (χ1n) is 7.29. The van der Waals surface area contributed by atoms with E-state index in [0.717, 1.165) is 6.54 Å². The molecular weight excluding hydrogens is 250 g/mol. The highest BCUT2D eigenvalue weighted by Gasteiger charge is 2.60. The van der Waals surface area contributed by atoms with Crippen LogP contribution in [0.15, 0.2) is 12.7 Å². The average molecular weight is 284 g/mol. The van der Waals surface area contributed by atoms with Gasteiger partial charge in [0.2, 0.25) is 0 Å². The molecule has 1 nitrogen and oxygen atoms in total. The van der Waals surface area contributed by atoms with E-state index in [-0.39, 0.29) is 0 Å². The molecule has 0 amide bonds. The van der Waals surface area contributed by atoms with Crippen LogP contribution in [0.4, 0.5) is 0 Å². The van der Waals surface area contributed by atoms with Gasteiger partial charge in [-0.15, -0.1) is 6.58 Å². The molecule has 18 heavy (non-hydrogen) atoms. The summed E-state index contributed by atoms with van der Waals surface area (Å²) in [6.07, 6.45) is 2.14. The van der Waals surface area contributed by atoms with Crippen molar-refractivity contribution in [2.75, 3.05) is 6.54 Å². The predicted molar refractivity (Wildman–Crippen MR) is 89.2 cm³/mol. The van der Waals surface area contributed by atoms with Crippen LogP contribution in [0.25, 0.3) is 0 Å². The number of rotatable bonds is 2. The van der Waals surface area contributed by atoms with Crippen molar-refractivity contribution in [2.45, 2.75) is 76.8 Å². The first kappa shape index (κ1) is 16.2. The highest BCUT2D eigenvalue weighted by Crippen LogP contribution is 2.56. The molecule has 0 aromatic carbocycles. The Morgan fingerprint density at radius 3 is 1.50 bits per heavy atom. The van der Waals surface area contributed by atoms with E-state index in [9.17, 15) is 0 Å². The normalized spacial score (nSPS) is 34.9. The summed E-state index contributed by atoms with van der Waals surface area (Å²) in [7, 11) is -2.72. The van der Waals surface area contributed by atoms with Crippen LogP contribution in [-0.2, 0) is 0 Å². The molecule has 1 aliphatic rings. The van der Waals surface area contributed by atoms with E-state index in [1.165, 1.54) is 12.1 Å². The van der Waals surface area contributed by atoms with Crippen LogP contribution >= 0.6 is 0 Å². The van der Waals surface area contributed by atoms with Gasteiger partial charge in [-0.25, -0.2) is 0 Å². The van der Waals surface area contributed by atoms with E-state index in [0.29, 0.717) is 10.1 Å². The minimum atomic E-state index is -1.36. The smallest absolute Gasteiger partial charge is 0.124 e. The van der Waals surface area contributed by atoms with Crippen LogP contribution in [0, 0.1) is 0 Å². The first-order chi connectivity index (χ1) is 7.90. The molecule has 0 aromatic heterocycles. The topological polar surface area (TPSA) is 3.24 Å². The second-order valence-electron chi connectivity index (χ2n) is 8.45. The largest absolute Gasteiger partial charge is 0.341 e. The third kappa shape index (κ3) is 2.29. The lowest BCUT2D eigenvalue weighted by atomic mass is 10.2. The molecule has 2 atom stereocenters. The molecule has 1 aliphatic heterocycles. The van der Waals surface area contributed by atoms with Crippen LogP contribution < -0.4 is 0 Å². The molecule has 2 unspecified atom stereocenters. The zero-order chi connectivity index (χ0) is 14.4. The second-order valence-corrected chi connectivity index (χ2v) is 19.1. The van der Waals surface area contributed by atoms with Crippen molar-refractivity contribution in [1.82, 2.24) is 4.23 Å². The van der Waals surface area contributed by atoms with Crippen molar-refractivity contribution in [2.24, 2.45) is 0 Å². The monoisotopic (exact) mass is 283 g/mol. The highest BCUT2D eigenvalue weighted by molar-refractivity contribution is 6.98. The molecule has 1 rings (SSSR count). The summed E-state index contributed by atoms with van der Waals surface area (Å²) in [6, 6.07) is 2.95. The minimum absolute atomic E-state index is 0.464. The Kier molecular flexibility index (Phi) is 4.14. The molecule has 1 fully saturated rings. The Bertz CT molecular complexity index is 298. The zero-order valence-electron chi connectivity index (χ0n) is 13.9. The van der Waals surface area contributed by atoms with Gasteiger partial charge in [-0.1, -0.05) is 60.7 Å². The van der Waals surface area contributed by atoms with Gasteiger partial charge in [0, 0.05) is 6.54 Å². The summed E-state index contributed by atoms with van der Waals surface area (Å²) >= 11 is 0. The second kappa shape index (κ2) is 4.60. The summed E-state index contributed by atoms with van der Waals surface area (Å²) in [5.41, 5.74) is 0. The van der Waals surface area contributed by atoms with Crippen molar-refractivity contribution in [1.29, 1.82) is 0 Å². The van der Waals surface area contributed by atoms with Crippen LogP contribution in [0.2, 0.25) is 35.3 Å². The van der Waals surface area contributed by atoms with Crippen molar-refractivity contribution >= 4 is 16.5 Å². The molecule has 3 heteroatoms. The fraction of sp³-hybridized carbons (Fsp3) is 0.867. The van der Waals surface area contributed by atoms with E-state index in [4.69, 9.17) is 0 Å². The van der Waals surface area contributed by atoms with Crippen LogP contribution in [0.1, 0.15) is 41.5 Å². The van der Waals surface area contributed by atoms with Crippen molar-refractivity contribution in [3.8, 4) is 0 Å². The third-order valence-corrected chi connectivity index (χ3v) is 21.0. The van der Waals surface area contributed by atoms with Crippen LogP contribution in [0.5, 0.6) is 0 Å². The van der Waals surface area contributed by atoms with Gasteiger partial charge in [-0.05, 0) is 22.2 Å². The van der Waals surface area contributed by atoms with Gasteiger partial charge in [-0.3, -0.25) is 0 Å². The van der Waals surface area contributed by atoms with Crippen molar-refractivity contribution in [3.63, 3.8) is 0 Å². The van der Waals surface area contributed by atoms with E-state index < -0.39 is 16.5 Å². The Morgan fingerprint density at radius 2 is 1.28 bits per heavy atom. The predicted octanol–water partition coefficient (Wildman–Crippen LogP) is 5.24. The fourth-order valence-corrected chi connectivity index (χ4v) is 19.1. The molecule has 0 radical (unpaired) electrons. The molecule has 0 aliphatic carbocycles. The lowest BCUT2D eigenvalue weighted by molar-refractivity contribution is 0.560. The number of hydrogen-bond donors (Lipinski definition) is 0. The zero-order valence-corrected chi connectivity index (χ0v) is 15.9. The molecule has 106 valence electrons. The molecular formula is C15H33NSi2. The van der Waals surface area contributed by atoms with Gasteiger partial charge in [0.1, 0.15) is 16.5 Å². The molecule has 0 N–H and O–H groups in total. The first-order valence-corrected chi connectivity index (χ1v) is 12.6. The average Bonchev–Trinajstić information content (AvgIpc) is 2.43. The SMILES string of the molecule is C=CCN1[Si](C)(C(C)(C)C)CC[Si]1(C)C(C)(C)C. The van der Waals surface area contributed by atoms with Gasteiger partial charge in [0.25, 0.3) is 0 Å². The van der Waals surface area contributed by atoms with Gasteiger partial charge in [-0.2, -0.15) is 0 Å².